The standard InChI is InChI=1S/C16H13P/c1-3-8-14(9-4-1)16-12-7-13-17(16)15-10-5-2-6-11-15/h1-13H. The van der Waals surface area contributed by atoms with E-state index in [-0.39, 0.29) is 7.53 Å². The van der Waals surface area contributed by atoms with Gasteiger partial charge in [0, 0.05) is 5.30 Å². The van der Waals surface area contributed by atoms with Gasteiger partial charge in [0.05, 0.1) is 0 Å². The van der Waals surface area contributed by atoms with Crippen LogP contribution in [0.1, 0.15) is 0 Å². The Balaban J connectivity index is 2.13. The molecule has 1 atom stereocenters. The first-order valence-electron chi connectivity index (χ1n) is 5.73. The lowest BCUT2D eigenvalue weighted by atomic mass is 10.2. The molecule has 0 saturated carbocycles. The van der Waals surface area contributed by atoms with Crippen LogP contribution in [0.5, 0.6) is 0 Å². The first kappa shape index (κ1) is 10.4. The maximum atomic E-state index is 2.33. The summed E-state index contributed by atoms with van der Waals surface area (Å²) in [7, 11) is -0.299. The van der Waals surface area contributed by atoms with Crippen molar-refractivity contribution in [1.29, 1.82) is 0 Å². The van der Waals surface area contributed by atoms with Crippen LogP contribution in [0, 0.1) is 0 Å². The van der Waals surface area contributed by atoms with Crippen molar-refractivity contribution < 1.29 is 0 Å². The second-order valence-corrected chi connectivity index (χ2v) is 6.00. The summed E-state index contributed by atoms with van der Waals surface area (Å²) in [6.07, 6.45) is 0. The minimum absolute atomic E-state index is 0.299. The highest BCUT2D eigenvalue weighted by molar-refractivity contribution is 7.59. The van der Waals surface area contributed by atoms with Gasteiger partial charge >= 0.3 is 0 Å². The van der Waals surface area contributed by atoms with Crippen LogP contribution < -0.4 is 0 Å². The van der Waals surface area contributed by atoms with E-state index in [1.165, 1.54) is 16.2 Å². The van der Waals surface area contributed by atoms with Crippen LogP contribution >= 0.6 is 7.53 Å². The molecule has 3 rings (SSSR count). The lowest BCUT2D eigenvalue weighted by Gasteiger charge is -2.05. The van der Waals surface area contributed by atoms with E-state index in [0.29, 0.717) is 0 Å². The van der Waals surface area contributed by atoms with Crippen LogP contribution in [-0.4, -0.2) is 0 Å². The highest BCUT2D eigenvalue weighted by Gasteiger charge is 2.05. The Hall–Kier alpha value is -1.78. The monoisotopic (exact) mass is 236 g/mol. The molecule has 2 aromatic carbocycles. The number of rotatable bonds is 2. The third-order valence-corrected chi connectivity index (χ3v) is 5.10. The highest BCUT2D eigenvalue weighted by Crippen LogP contribution is 2.48. The number of hydrogen-bond donors (Lipinski definition) is 0. The largest absolute Gasteiger partial charge is 0.0853 e. The fourth-order valence-corrected chi connectivity index (χ4v) is 4.08. The summed E-state index contributed by atoms with van der Waals surface area (Å²) in [5.41, 5.74) is 1.34. The van der Waals surface area contributed by atoms with Crippen molar-refractivity contribution in [2.75, 3.05) is 0 Å². The molecule has 0 fully saturated rings. The smallest absolute Gasteiger partial charge is 0.00563 e. The molecule has 82 valence electrons. The molecular formula is C16H13P. The van der Waals surface area contributed by atoms with Gasteiger partial charge in [0.2, 0.25) is 0 Å². The molecule has 1 unspecified atom stereocenters. The van der Waals surface area contributed by atoms with Gasteiger partial charge in [-0.3, -0.25) is 0 Å². The Morgan fingerprint density at radius 2 is 1.24 bits per heavy atom. The highest BCUT2D eigenvalue weighted by atomic mass is 31.1. The summed E-state index contributed by atoms with van der Waals surface area (Å²) in [5, 5.41) is 2.87. The Bertz CT molecular complexity index is 540. The molecule has 17 heavy (non-hydrogen) atoms. The SMILES string of the molecule is c1ccc(-c2cccp2-c2ccccc2)cc1. The fraction of sp³-hybridized carbons (Fsp3) is 0. The molecule has 1 heterocycles. The van der Waals surface area contributed by atoms with E-state index >= 15 is 0 Å². The molecule has 1 heteroatoms. The Kier molecular flexibility index (Phi) is 2.81. The van der Waals surface area contributed by atoms with Gasteiger partial charge in [-0.05, 0) is 22.7 Å². The van der Waals surface area contributed by atoms with Crippen LogP contribution in [0.25, 0.3) is 16.2 Å². The van der Waals surface area contributed by atoms with Crippen molar-refractivity contribution in [3.63, 3.8) is 0 Å². The molecule has 0 aliphatic rings. The lowest BCUT2D eigenvalue weighted by molar-refractivity contribution is 1.70. The van der Waals surface area contributed by atoms with Gasteiger partial charge in [-0.15, -0.1) is 0 Å². The van der Waals surface area contributed by atoms with Crippen molar-refractivity contribution in [2.45, 2.75) is 0 Å². The number of benzene rings is 2. The lowest BCUT2D eigenvalue weighted by Crippen LogP contribution is -1.71. The predicted molar refractivity (Wildman–Crippen MR) is 75.9 cm³/mol. The van der Waals surface area contributed by atoms with E-state index < -0.39 is 0 Å². The average Bonchev–Trinajstić information content (AvgIpc) is 2.90. The first-order valence-corrected chi connectivity index (χ1v) is 7.14. The average molecular weight is 236 g/mol. The van der Waals surface area contributed by atoms with E-state index in [1.54, 1.807) is 0 Å². The van der Waals surface area contributed by atoms with Gasteiger partial charge < -0.3 is 0 Å². The van der Waals surface area contributed by atoms with Crippen molar-refractivity contribution in [3.05, 3.63) is 78.6 Å². The van der Waals surface area contributed by atoms with Crippen molar-refractivity contribution in [1.82, 2.24) is 0 Å². The van der Waals surface area contributed by atoms with Gasteiger partial charge in [-0.1, -0.05) is 74.3 Å². The third kappa shape index (κ3) is 2.05. The summed E-state index contributed by atoms with van der Waals surface area (Å²) in [5.74, 6) is 2.33. The van der Waals surface area contributed by atoms with Crippen LogP contribution in [0.3, 0.4) is 0 Å². The normalized spacial score (nSPS) is 11.4. The maximum absolute atomic E-state index is 2.33. The molecular weight excluding hydrogens is 223 g/mol. The summed E-state index contributed by atoms with van der Waals surface area (Å²) < 4.78 is 0. The minimum atomic E-state index is -0.299. The molecule has 0 amide bonds. The fourth-order valence-electron chi connectivity index (χ4n) is 2.04. The van der Waals surface area contributed by atoms with Crippen LogP contribution in [0.15, 0.2) is 78.6 Å². The van der Waals surface area contributed by atoms with E-state index in [2.05, 4.69) is 78.6 Å². The maximum Gasteiger partial charge on any atom is 0.00563 e. The van der Waals surface area contributed by atoms with Crippen molar-refractivity contribution in [2.24, 2.45) is 0 Å². The minimum Gasteiger partial charge on any atom is -0.0853 e. The van der Waals surface area contributed by atoms with Crippen LogP contribution in [0.2, 0.25) is 0 Å². The molecule has 0 spiro atoms. The Morgan fingerprint density at radius 3 is 1.94 bits per heavy atom. The first-order chi connectivity index (χ1) is 8.45. The van der Waals surface area contributed by atoms with Crippen molar-refractivity contribution >= 4 is 7.53 Å². The van der Waals surface area contributed by atoms with Gasteiger partial charge in [0.25, 0.3) is 0 Å². The summed E-state index contributed by atoms with van der Waals surface area (Å²) in [6, 6.07) is 25.8. The topological polar surface area (TPSA) is 0 Å². The van der Waals surface area contributed by atoms with E-state index in [1.807, 2.05) is 0 Å². The molecule has 0 saturated heterocycles. The zero-order chi connectivity index (χ0) is 11.5. The third-order valence-electron chi connectivity index (χ3n) is 2.85. The zero-order valence-electron chi connectivity index (χ0n) is 9.45. The van der Waals surface area contributed by atoms with Gasteiger partial charge in [-0.2, -0.15) is 0 Å². The van der Waals surface area contributed by atoms with Gasteiger partial charge in [0.1, 0.15) is 0 Å². The predicted octanol–water partition coefficient (Wildman–Crippen LogP) is 5.33. The molecule has 0 bridgehead atoms. The van der Waals surface area contributed by atoms with Gasteiger partial charge in [0.15, 0.2) is 0 Å². The van der Waals surface area contributed by atoms with Gasteiger partial charge in [-0.25, -0.2) is 0 Å². The van der Waals surface area contributed by atoms with E-state index in [0.717, 1.165) is 0 Å². The molecule has 0 nitrogen and oxygen atoms in total. The van der Waals surface area contributed by atoms with E-state index in [4.69, 9.17) is 0 Å². The van der Waals surface area contributed by atoms with Crippen LogP contribution in [-0.2, 0) is 0 Å². The number of hydrogen-bond acceptors (Lipinski definition) is 0. The molecule has 0 aliphatic carbocycles. The molecule has 0 N–H and O–H groups in total. The zero-order valence-corrected chi connectivity index (χ0v) is 10.3. The second kappa shape index (κ2) is 4.61. The van der Waals surface area contributed by atoms with Crippen LogP contribution in [0.4, 0.5) is 0 Å². The molecule has 0 radical (unpaired) electrons. The van der Waals surface area contributed by atoms with E-state index in [9.17, 15) is 0 Å². The molecule has 0 aliphatic heterocycles. The summed E-state index contributed by atoms with van der Waals surface area (Å²) >= 11 is 0. The van der Waals surface area contributed by atoms with Crippen molar-refractivity contribution in [3.8, 4) is 16.2 Å². The Labute approximate surface area is 103 Å². The molecule has 1 aromatic heterocycles. The molecule has 3 aromatic rings. The Morgan fingerprint density at radius 1 is 0.588 bits per heavy atom. The summed E-state index contributed by atoms with van der Waals surface area (Å²) in [4.78, 5) is 0. The second-order valence-electron chi connectivity index (χ2n) is 3.97. The quantitative estimate of drug-likeness (QED) is 0.564. The summed E-state index contributed by atoms with van der Waals surface area (Å²) in [6.45, 7) is 0.